The van der Waals surface area contributed by atoms with Crippen LogP contribution in [0, 0.1) is 0 Å². The Balaban J connectivity index is 1.17. The number of benzene rings is 7. The third kappa shape index (κ3) is 4.91. The van der Waals surface area contributed by atoms with E-state index in [9.17, 15) is 0 Å². The van der Waals surface area contributed by atoms with E-state index in [-0.39, 0.29) is 0 Å². The van der Waals surface area contributed by atoms with Crippen molar-refractivity contribution in [3.05, 3.63) is 158 Å². The van der Waals surface area contributed by atoms with Crippen LogP contribution < -0.4 is 0 Å². The Morgan fingerprint density at radius 2 is 0.936 bits per heavy atom. The van der Waals surface area contributed by atoms with E-state index in [0.29, 0.717) is 23.4 Å². The van der Waals surface area contributed by atoms with Crippen LogP contribution in [0.5, 0.6) is 0 Å². The molecule has 0 unspecified atom stereocenters. The fraction of sp³-hybridized carbons (Fsp3) is 0. The highest BCUT2D eigenvalue weighted by molar-refractivity contribution is 6.03. The summed E-state index contributed by atoms with van der Waals surface area (Å²) in [5, 5.41) is 4.47. The monoisotopic (exact) mass is 602 g/mol. The first-order valence-corrected chi connectivity index (χ1v) is 15.6. The van der Waals surface area contributed by atoms with Crippen molar-refractivity contribution in [3.8, 4) is 56.7 Å². The van der Waals surface area contributed by atoms with E-state index < -0.39 is 0 Å². The summed E-state index contributed by atoms with van der Waals surface area (Å²) in [4.78, 5) is 19.8. The lowest BCUT2D eigenvalue weighted by Gasteiger charge is -2.12. The number of hydrogen-bond acceptors (Lipinski definition) is 5. The Kier molecular flexibility index (Phi) is 6.39. The van der Waals surface area contributed by atoms with Gasteiger partial charge < -0.3 is 4.42 Å². The molecule has 5 heteroatoms. The molecule has 0 aliphatic carbocycles. The van der Waals surface area contributed by atoms with E-state index in [4.69, 9.17) is 24.4 Å². The highest BCUT2D eigenvalue weighted by atomic mass is 16.3. The fourth-order valence-corrected chi connectivity index (χ4v) is 6.19. The molecule has 0 aliphatic heterocycles. The van der Waals surface area contributed by atoms with Crippen LogP contribution in [0.4, 0.5) is 0 Å². The molecule has 9 rings (SSSR count). The Morgan fingerprint density at radius 3 is 1.72 bits per heavy atom. The Morgan fingerprint density at radius 1 is 0.362 bits per heavy atom. The molecule has 0 saturated heterocycles. The molecule has 0 fully saturated rings. The highest BCUT2D eigenvalue weighted by Gasteiger charge is 2.18. The first kappa shape index (κ1) is 26.9. The molecule has 7 aromatic carbocycles. The molecule has 0 aliphatic rings. The van der Waals surface area contributed by atoms with Crippen molar-refractivity contribution in [2.45, 2.75) is 0 Å². The number of para-hydroxylation sites is 2. The van der Waals surface area contributed by atoms with E-state index in [2.05, 4.69) is 84.9 Å². The van der Waals surface area contributed by atoms with Crippen LogP contribution in [-0.4, -0.2) is 19.9 Å². The maximum absolute atomic E-state index is 6.17. The maximum atomic E-state index is 6.17. The molecule has 9 aromatic rings. The molecule has 2 heterocycles. The first-order chi connectivity index (χ1) is 23.3. The van der Waals surface area contributed by atoms with Crippen LogP contribution in [0.25, 0.3) is 89.4 Å². The van der Waals surface area contributed by atoms with Gasteiger partial charge in [0.05, 0.1) is 0 Å². The molecule has 0 saturated carbocycles. The van der Waals surface area contributed by atoms with Gasteiger partial charge in [-0.2, -0.15) is 0 Å². The maximum Gasteiger partial charge on any atom is 0.227 e. The summed E-state index contributed by atoms with van der Waals surface area (Å²) in [6.07, 6.45) is 0. The lowest BCUT2D eigenvalue weighted by Crippen LogP contribution is -2.00. The molecule has 2 aromatic heterocycles. The molecule has 0 amide bonds. The summed E-state index contributed by atoms with van der Waals surface area (Å²) in [7, 11) is 0. The van der Waals surface area contributed by atoms with Gasteiger partial charge in [0.1, 0.15) is 5.52 Å². The largest absolute Gasteiger partial charge is 0.436 e. The summed E-state index contributed by atoms with van der Waals surface area (Å²) < 4.78 is 6.17. The van der Waals surface area contributed by atoms with Crippen molar-refractivity contribution >= 4 is 32.6 Å². The van der Waals surface area contributed by atoms with Gasteiger partial charge in [0.25, 0.3) is 0 Å². The fourth-order valence-electron chi connectivity index (χ4n) is 6.19. The number of nitrogens with zero attached hydrogens (tertiary/aromatic N) is 4. The zero-order valence-electron chi connectivity index (χ0n) is 25.2. The zero-order valence-corrected chi connectivity index (χ0v) is 25.2. The summed E-state index contributed by atoms with van der Waals surface area (Å²) in [6, 6.07) is 53.7. The van der Waals surface area contributed by atoms with Crippen LogP contribution in [-0.2, 0) is 0 Å². The summed E-state index contributed by atoms with van der Waals surface area (Å²) in [5.41, 5.74) is 7.57. The Hall–Kier alpha value is -6.46. The number of fused-ring (bicyclic) bond motifs is 3. The van der Waals surface area contributed by atoms with E-state index in [1.54, 1.807) is 0 Å². The van der Waals surface area contributed by atoms with Crippen LogP contribution in [0.2, 0.25) is 0 Å². The first-order valence-electron chi connectivity index (χ1n) is 15.6. The number of rotatable bonds is 5. The second kappa shape index (κ2) is 11.2. The standard InChI is InChI=1S/C42H26N4O/c1-2-11-29(12-3-1)39-44-40(30-21-18-28(19-22-30)32-23-20-27-10-4-5-13-31(27)26-32)46-41(45-39)35-24-25-36(34-15-7-6-14-33(34)35)42-43-37-16-8-9-17-38(37)47-42/h1-26H. The van der Waals surface area contributed by atoms with Gasteiger partial charge in [-0.25, -0.2) is 19.9 Å². The van der Waals surface area contributed by atoms with Gasteiger partial charge in [-0.15, -0.1) is 0 Å². The minimum Gasteiger partial charge on any atom is -0.436 e. The van der Waals surface area contributed by atoms with Gasteiger partial charge in [0.15, 0.2) is 23.1 Å². The minimum absolute atomic E-state index is 0.585. The molecular weight excluding hydrogens is 576 g/mol. The lowest BCUT2D eigenvalue weighted by atomic mass is 9.98. The topological polar surface area (TPSA) is 64.7 Å². The molecule has 0 spiro atoms. The molecule has 0 bridgehead atoms. The van der Waals surface area contributed by atoms with Crippen molar-refractivity contribution in [2.75, 3.05) is 0 Å². The molecule has 0 N–H and O–H groups in total. The number of oxazole rings is 1. The number of aromatic nitrogens is 4. The van der Waals surface area contributed by atoms with Crippen LogP contribution in [0.3, 0.4) is 0 Å². The van der Waals surface area contributed by atoms with Gasteiger partial charge in [0.2, 0.25) is 5.89 Å². The quantitative estimate of drug-likeness (QED) is 0.196. The number of hydrogen-bond donors (Lipinski definition) is 0. The van der Waals surface area contributed by atoms with Crippen molar-refractivity contribution in [1.82, 2.24) is 19.9 Å². The molecule has 220 valence electrons. The molecule has 0 radical (unpaired) electrons. The Labute approximate surface area is 270 Å². The van der Waals surface area contributed by atoms with Crippen LogP contribution in [0.1, 0.15) is 0 Å². The van der Waals surface area contributed by atoms with Crippen molar-refractivity contribution in [1.29, 1.82) is 0 Å². The lowest BCUT2D eigenvalue weighted by molar-refractivity contribution is 0.620. The predicted molar refractivity (Wildman–Crippen MR) is 190 cm³/mol. The molecular formula is C42H26N4O. The van der Waals surface area contributed by atoms with E-state index in [0.717, 1.165) is 49.7 Å². The summed E-state index contributed by atoms with van der Waals surface area (Å²) in [5.74, 6) is 2.43. The van der Waals surface area contributed by atoms with Gasteiger partial charge in [-0.1, -0.05) is 127 Å². The average molecular weight is 603 g/mol. The second-order valence-corrected chi connectivity index (χ2v) is 11.5. The third-order valence-electron chi connectivity index (χ3n) is 8.58. The summed E-state index contributed by atoms with van der Waals surface area (Å²) >= 11 is 0. The average Bonchev–Trinajstić information content (AvgIpc) is 3.59. The van der Waals surface area contributed by atoms with Crippen molar-refractivity contribution < 1.29 is 4.42 Å². The third-order valence-corrected chi connectivity index (χ3v) is 8.58. The van der Waals surface area contributed by atoms with Crippen molar-refractivity contribution in [2.24, 2.45) is 0 Å². The normalized spacial score (nSPS) is 11.4. The van der Waals surface area contributed by atoms with Crippen molar-refractivity contribution in [3.63, 3.8) is 0 Å². The SMILES string of the molecule is c1ccc(-c2nc(-c3ccc(-c4ccc5ccccc5c4)cc3)nc(-c3ccc(-c4nc5ccccc5o4)c4ccccc34)n2)cc1. The Bertz CT molecular complexity index is 2540. The second-order valence-electron chi connectivity index (χ2n) is 11.5. The van der Waals surface area contributed by atoms with E-state index in [1.807, 2.05) is 72.8 Å². The van der Waals surface area contributed by atoms with E-state index in [1.165, 1.54) is 16.3 Å². The van der Waals surface area contributed by atoms with Crippen LogP contribution >= 0.6 is 0 Å². The van der Waals surface area contributed by atoms with Gasteiger partial charge >= 0.3 is 0 Å². The van der Waals surface area contributed by atoms with Gasteiger partial charge in [-0.05, 0) is 63.0 Å². The molecule has 0 atom stereocenters. The van der Waals surface area contributed by atoms with Gasteiger partial charge in [-0.3, -0.25) is 0 Å². The minimum atomic E-state index is 0.585. The van der Waals surface area contributed by atoms with E-state index >= 15 is 0 Å². The summed E-state index contributed by atoms with van der Waals surface area (Å²) in [6.45, 7) is 0. The highest BCUT2D eigenvalue weighted by Crippen LogP contribution is 2.36. The van der Waals surface area contributed by atoms with Crippen LogP contribution in [0.15, 0.2) is 162 Å². The molecule has 47 heavy (non-hydrogen) atoms. The smallest absolute Gasteiger partial charge is 0.227 e. The zero-order chi connectivity index (χ0) is 31.2. The molecule has 5 nitrogen and oxygen atoms in total. The van der Waals surface area contributed by atoms with Gasteiger partial charge in [0, 0.05) is 22.3 Å². The predicted octanol–water partition coefficient (Wildman–Crippen LogP) is 10.7.